The van der Waals surface area contributed by atoms with Crippen LogP contribution in [0.5, 0.6) is 5.75 Å². The molecule has 0 saturated carbocycles. The van der Waals surface area contributed by atoms with Gasteiger partial charge in [-0.05, 0) is 37.0 Å². The zero-order valence-corrected chi connectivity index (χ0v) is 13.3. The molecule has 5 heteroatoms. The summed E-state index contributed by atoms with van der Waals surface area (Å²) in [6.45, 7) is 3.58. The van der Waals surface area contributed by atoms with Crippen molar-refractivity contribution in [1.29, 1.82) is 0 Å². The quantitative estimate of drug-likeness (QED) is 0.915. The highest BCUT2D eigenvalue weighted by atomic mass is 79.9. The number of halogens is 1. The molecule has 1 aromatic rings. The molecule has 1 aliphatic rings. The van der Waals surface area contributed by atoms with Gasteiger partial charge >= 0.3 is 0 Å². The van der Waals surface area contributed by atoms with Crippen molar-refractivity contribution in [3.05, 3.63) is 28.7 Å². The van der Waals surface area contributed by atoms with Crippen LogP contribution in [0.1, 0.15) is 19.8 Å². The maximum absolute atomic E-state index is 12.3. The number of nitrogens with two attached hydrogens (primary N) is 1. The van der Waals surface area contributed by atoms with Crippen LogP contribution in [0, 0.1) is 5.92 Å². The molecular formula is C15H21BrN2O2. The fourth-order valence-electron chi connectivity index (χ4n) is 2.59. The standard InChI is InChI=1S/C15H21BrN2O2/c1-11-5-6-18(13(7-11)9-17)15(19)10-20-14-4-2-3-12(16)8-14/h2-4,8,11,13H,5-7,9-10,17H2,1H3. The molecule has 2 unspecified atom stereocenters. The predicted molar refractivity (Wildman–Crippen MR) is 82.6 cm³/mol. The highest BCUT2D eigenvalue weighted by molar-refractivity contribution is 9.10. The van der Waals surface area contributed by atoms with Gasteiger partial charge in [0.1, 0.15) is 5.75 Å². The second-order valence-corrected chi connectivity index (χ2v) is 6.27. The molecule has 1 saturated heterocycles. The first-order chi connectivity index (χ1) is 9.60. The van der Waals surface area contributed by atoms with Gasteiger partial charge in [-0.2, -0.15) is 0 Å². The van der Waals surface area contributed by atoms with Crippen molar-refractivity contribution in [2.24, 2.45) is 11.7 Å². The van der Waals surface area contributed by atoms with Crippen LogP contribution in [0.4, 0.5) is 0 Å². The van der Waals surface area contributed by atoms with Crippen LogP contribution >= 0.6 is 15.9 Å². The molecule has 1 heterocycles. The highest BCUT2D eigenvalue weighted by Crippen LogP contribution is 2.22. The number of rotatable bonds is 4. The number of nitrogens with zero attached hydrogens (tertiary/aromatic N) is 1. The normalized spacial score (nSPS) is 22.6. The Balaban J connectivity index is 1.91. The van der Waals surface area contributed by atoms with Crippen molar-refractivity contribution in [2.45, 2.75) is 25.8 Å². The molecule has 0 radical (unpaired) electrons. The lowest BCUT2D eigenvalue weighted by Crippen LogP contribution is -2.50. The van der Waals surface area contributed by atoms with Crippen molar-refractivity contribution >= 4 is 21.8 Å². The Morgan fingerprint density at radius 3 is 3.05 bits per heavy atom. The number of piperidine rings is 1. The lowest BCUT2D eigenvalue weighted by atomic mass is 9.92. The van der Waals surface area contributed by atoms with Crippen LogP contribution in [0.25, 0.3) is 0 Å². The summed E-state index contributed by atoms with van der Waals surface area (Å²) in [5.74, 6) is 1.35. The zero-order chi connectivity index (χ0) is 14.5. The largest absolute Gasteiger partial charge is 0.484 e. The Bertz CT molecular complexity index is 467. The molecule has 0 aromatic heterocycles. The predicted octanol–water partition coefficient (Wildman–Crippen LogP) is 2.41. The summed E-state index contributed by atoms with van der Waals surface area (Å²) in [5.41, 5.74) is 5.78. The van der Waals surface area contributed by atoms with Crippen LogP contribution in [0.15, 0.2) is 28.7 Å². The summed E-state index contributed by atoms with van der Waals surface area (Å²) in [6.07, 6.45) is 2.03. The van der Waals surface area contributed by atoms with E-state index in [9.17, 15) is 4.79 Å². The maximum Gasteiger partial charge on any atom is 0.260 e. The zero-order valence-electron chi connectivity index (χ0n) is 11.7. The lowest BCUT2D eigenvalue weighted by Gasteiger charge is -2.37. The lowest BCUT2D eigenvalue weighted by molar-refractivity contribution is -0.137. The van der Waals surface area contributed by atoms with Crippen molar-refractivity contribution < 1.29 is 9.53 Å². The van der Waals surface area contributed by atoms with Crippen molar-refractivity contribution in [3.63, 3.8) is 0 Å². The van der Waals surface area contributed by atoms with E-state index in [-0.39, 0.29) is 18.6 Å². The van der Waals surface area contributed by atoms with Gasteiger partial charge in [0.2, 0.25) is 0 Å². The molecule has 0 bridgehead atoms. The Hall–Kier alpha value is -1.07. The second-order valence-electron chi connectivity index (χ2n) is 5.35. The number of benzene rings is 1. The van der Waals surface area contributed by atoms with E-state index < -0.39 is 0 Å². The minimum Gasteiger partial charge on any atom is -0.484 e. The van der Waals surface area contributed by atoms with Gasteiger partial charge in [0.25, 0.3) is 5.91 Å². The van der Waals surface area contributed by atoms with Crippen molar-refractivity contribution in [2.75, 3.05) is 19.7 Å². The summed E-state index contributed by atoms with van der Waals surface area (Å²) in [7, 11) is 0. The fourth-order valence-corrected chi connectivity index (χ4v) is 2.97. The average molecular weight is 341 g/mol. The van der Waals surface area contributed by atoms with Crippen LogP contribution < -0.4 is 10.5 Å². The fraction of sp³-hybridized carbons (Fsp3) is 0.533. The van der Waals surface area contributed by atoms with Gasteiger partial charge < -0.3 is 15.4 Å². The van der Waals surface area contributed by atoms with E-state index in [1.54, 1.807) is 0 Å². The van der Waals surface area contributed by atoms with Crippen molar-refractivity contribution in [1.82, 2.24) is 4.90 Å². The number of hydrogen-bond donors (Lipinski definition) is 1. The molecule has 0 spiro atoms. The average Bonchev–Trinajstić information content (AvgIpc) is 2.44. The number of hydrogen-bond acceptors (Lipinski definition) is 3. The summed E-state index contributed by atoms with van der Waals surface area (Å²) < 4.78 is 6.50. The minimum atomic E-state index is 0.0207. The van der Waals surface area contributed by atoms with Gasteiger partial charge in [0.15, 0.2) is 6.61 Å². The second kappa shape index (κ2) is 7.09. The molecule has 1 amide bonds. The molecule has 2 N–H and O–H groups in total. The third-order valence-corrected chi connectivity index (χ3v) is 4.22. The van der Waals surface area contributed by atoms with Gasteiger partial charge in [0.05, 0.1) is 0 Å². The van der Waals surface area contributed by atoms with Crippen LogP contribution in [-0.2, 0) is 4.79 Å². The van der Waals surface area contributed by atoms with Crippen LogP contribution in [-0.4, -0.2) is 36.5 Å². The first-order valence-electron chi connectivity index (χ1n) is 6.98. The molecule has 110 valence electrons. The Kier molecular flexibility index (Phi) is 5.43. The van der Waals surface area contributed by atoms with Gasteiger partial charge in [-0.3, -0.25) is 4.79 Å². The Morgan fingerprint density at radius 1 is 1.55 bits per heavy atom. The highest BCUT2D eigenvalue weighted by Gasteiger charge is 2.28. The van der Waals surface area contributed by atoms with Crippen molar-refractivity contribution in [3.8, 4) is 5.75 Å². The molecule has 20 heavy (non-hydrogen) atoms. The first kappa shape index (κ1) is 15.3. The van der Waals surface area contributed by atoms with E-state index in [0.29, 0.717) is 18.2 Å². The molecule has 2 rings (SSSR count). The summed E-state index contributed by atoms with van der Waals surface area (Å²) >= 11 is 3.38. The van der Waals surface area contributed by atoms with E-state index in [4.69, 9.17) is 10.5 Å². The smallest absolute Gasteiger partial charge is 0.260 e. The van der Waals surface area contributed by atoms with Crippen LogP contribution in [0.2, 0.25) is 0 Å². The summed E-state index contributed by atoms with van der Waals surface area (Å²) in [5, 5.41) is 0. The Morgan fingerprint density at radius 2 is 2.35 bits per heavy atom. The van der Waals surface area contributed by atoms with E-state index >= 15 is 0 Å². The maximum atomic E-state index is 12.3. The Labute approximate surface area is 128 Å². The SMILES string of the molecule is CC1CCN(C(=O)COc2cccc(Br)c2)C(CN)C1. The molecule has 1 aliphatic heterocycles. The minimum absolute atomic E-state index is 0.0207. The van der Waals surface area contributed by atoms with E-state index in [2.05, 4.69) is 22.9 Å². The number of carbonyl (C=O) groups excluding carboxylic acids is 1. The van der Waals surface area contributed by atoms with Gasteiger partial charge in [-0.25, -0.2) is 0 Å². The number of ether oxygens (including phenoxy) is 1. The number of likely N-dealkylation sites (tertiary alicyclic amines) is 1. The number of amides is 1. The third kappa shape index (κ3) is 3.96. The van der Waals surface area contributed by atoms with Gasteiger partial charge in [-0.1, -0.05) is 28.9 Å². The molecular weight excluding hydrogens is 320 g/mol. The van der Waals surface area contributed by atoms with Gasteiger partial charge in [0, 0.05) is 23.6 Å². The molecule has 1 aromatic carbocycles. The number of carbonyl (C=O) groups is 1. The first-order valence-corrected chi connectivity index (χ1v) is 7.77. The third-order valence-electron chi connectivity index (χ3n) is 3.73. The molecule has 2 atom stereocenters. The molecule has 1 fully saturated rings. The van der Waals surface area contributed by atoms with Crippen LogP contribution in [0.3, 0.4) is 0 Å². The van der Waals surface area contributed by atoms with E-state index in [0.717, 1.165) is 23.9 Å². The molecule has 4 nitrogen and oxygen atoms in total. The summed E-state index contributed by atoms with van der Waals surface area (Å²) in [4.78, 5) is 14.1. The monoisotopic (exact) mass is 340 g/mol. The van der Waals surface area contributed by atoms with E-state index in [1.165, 1.54) is 0 Å². The summed E-state index contributed by atoms with van der Waals surface area (Å²) in [6, 6.07) is 7.65. The topological polar surface area (TPSA) is 55.6 Å². The molecule has 0 aliphatic carbocycles. The van der Waals surface area contributed by atoms with E-state index in [1.807, 2.05) is 29.2 Å². The van der Waals surface area contributed by atoms with Gasteiger partial charge in [-0.15, -0.1) is 0 Å².